The molecule has 3 heteroatoms. The van der Waals surface area contributed by atoms with E-state index in [1.807, 2.05) is 20.3 Å². The molecule has 0 aliphatic carbocycles. The summed E-state index contributed by atoms with van der Waals surface area (Å²) in [6, 6.07) is 0. The average Bonchev–Trinajstić information content (AvgIpc) is 1.70. The second-order valence-electron chi connectivity index (χ2n) is 1.21. The molecule has 2 N–H and O–H groups in total. The van der Waals surface area contributed by atoms with E-state index in [2.05, 4.69) is 0 Å². The van der Waals surface area contributed by atoms with Crippen LogP contribution in [0.15, 0.2) is 0 Å². The Morgan fingerprint density at radius 1 is 1.00 bits per heavy atom. The zero-order valence-corrected chi connectivity index (χ0v) is 9.95. The van der Waals surface area contributed by atoms with E-state index in [1.54, 1.807) is 13.8 Å². The SMILES string of the molecule is CCO.CCO.C[CH-]C.[CH3-].[Ti+2]. The van der Waals surface area contributed by atoms with Gasteiger partial charge in [0.15, 0.2) is 0 Å². The fourth-order valence-corrected chi connectivity index (χ4v) is 0. The van der Waals surface area contributed by atoms with E-state index in [9.17, 15) is 0 Å². The molecule has 0 aliphatic rings. The molecular weight excluding hydrogens is 176 g/mol. The van der Waals surface area contributed by atoms with Crippen molar-refractivity contribution in [2.24, 2.45) is 0 Å². The van der Waals surface area contributed by atoms with Gasteiger partial charge in [-0.15, -0.1) is 0 Å². The minimum Gasteiger partial charge on any atom is -0.397 e. The maximum atomic E-state index is 7.57. The summed E-state index contributed by atoms with van der Waals surface area (Å²) in [5.41, 5.74) is 0. The molecule has 0 fully saturated rings. The molecule has 0 saturated carbocycles. The van der Waals surface area contributed by atoms with Crippen LogP contribution in [0.2, 0.25) is 0 Å². The van der Waals surface area contributed by atoms with Crippen LogP contribution < -0.4 is 0 Å². The molecule has 0 heterocycles. The summed E-state index contributed by atoms with van der Waals surface area (Å²) in [5, 5.41) is 15.1. The summed E-state index contributed by atoms with van der Waals surface area (Å²) >= 11 is 0. The summed E-state index contributed by atoms with van der Waals surface area (Å²) < 4.78 is 0. The third-order valence-corrected chi connectivity index (χ3v) is 0. The quantitative estimate of drug-likeness (QED) is 0.459. The largest absolute Gasteiger partial charge is 2.00 e. The van der Waals surface area contributed by atoms with E-state index in [-0.39, 0.29) is 42.4 Å². The molecule has 0 spiro atoms. The minimum atomic E-state index is 0. The fourth-order valence-electron chi connectivity index (χ4n) is 0. The van der Waals surface area contributed by atoms with E-state index in [4.69, 9.17) is 10.2 Å². The molecule has 0 aromatic rings. The first-order valence-corrected chi connectivity index (χ1v) is 3.20. The van der Waals surface area contributed by atoms with Gasteiger partial charge in [0.1, 0.15) is 0 Å². The van der Waals surface area contributed by atoms with Gasteiger partial charge in [0.25, 0.3) is 0 Å². The van der Waals surface area contributed by atoms with Crippen LogP contribution in [0.3, 0.4) is 0 Å². The molecule has 0 rings (SSSR count). The van der Waals surface area contributed by atoms with E-state index >= 15 is 0 Å². The first kappa shape index (κ1) is 29.9. The van der Waals surface area contributed by atoms with Gasteiger partial charge in [0.05, 0.1) is 0 Å². The van der Waals surface area contributed by atoms with Gasteiger partial charge in [0.2, 0.25) is 0 Å². The normalized spacial score (nSPS) is 4.91. The molecule has 0 saturated heterocycles. The van der Waals surface area contributed by atoms with Crippen molar-refractivity contribution in [2.75, 3.05) is 13.2 Å². The maximum absolute atomic E-state index is 7.57. The molecule has 0 amide bonds. The van der Waals surface area contributed by atoms with Crippen molar-refractivity contribution < 1.29 is 31.9 Å². The molecule has 0 aromatic carbocycles. The number of hydrogen-bond donors (Lipinski definition) is 2. The minimum absolute atomic E-state index is 0. The average molecular weight is 198 g/mol. The summed E-state index contributed by atoms with van der Waals surface area (Å²) in [6.07, 6.45) is 2.00. The van der Waals surface area contributed by atoms with Crippen LogP contribution in [0.4, 0.5) is 0 Å². The van der Waals surface area contributed by atoms with Gasteiger partial charge in [-0.25, -0.2) is 0 Å². The van der Waals surface area contributed by atoms with Crippen molar-refractivity contribution in [3.63, 3.8) is 0 Å². The standard InChI is InChI=1S/C3H7.2C2H6O.CH3.Ti/c1-3-2;2*1-2-3;;/h3H,1-2H3;2*3H,2H2,1H3;1H3;/q-1;;;-1;+2. The van der Waals surface area contributed by atoms with Crippen molar-refractivity contribution in [3.05, 3.63) is 13.8 Å². The topological polar surface area (TPSA) is 40.5 Å². The molecule has 0 bridgehead atoms. The van der Waals surface area contributed by atoms with Crippen molar-refractivity contribution >= 4 is 0 Å². The van der Waals surface area contributed by atoms with Gasteiger partial charge in [-0.05, 0) is 13.8 Å². The van der Waals surface area contributed by atoms with Gasteiger partial charge < -0.3 is 24.1 Å². The van der Waals surface area contributed by atoms with Crippen LogP contribution in [-0.4, -0.2) is 23.4 Å². The Balaban J connectivity index is -0.0000000150. The van der Waals surface area contributed by atoms with Crippen molar-refractivity contribution in [2.45, 2.75) is 27.7 Å². The summed E-state index contributed by atoms with van der Waals surface area (Å²) in [5.74, 6) is 0. The third kappa shape index (κ3) is 1970. The molecule has 0 atom stereocenters. The van der Waals surface area contributed by atoms with Crippen molar-refractivity contribution in [1.29, 1.82) is 0 Å². The third-order valence-electron chi connectivity index (χ3n) is 0. The number of aliphatic hydroxyl groups is 2. The number of hydrogen-bond acceptors (Lipinski definition) is 2. The monoisotopic (exact) mass is 198 g/mol. The van der Waals surface area contributed by atoms with Gasteiger partial charge in [0, 0.05) is 13.2 Å². The molecule has 0 unspecified atom stereocenters. The fraction of sp³-hybridized carbons (Fsp3) is 0.750. The van der Waals surface area contributed by atoms with Crippen molar-refractivity contribution in [3.8, 4) is 0 Å². The summed E-state index contributed by atoms with van der Waals surface area (Å²) in [6.45, 7) is 7.86. The van der Waals surface area contributed by atoms with Gasteiger partial charge >= 0.3 is 21.7 Å². The first-order chi connectivity index (χ1) is 4.24. The van der Waals surface area contributed by atoms with Gasteiger partial charge in [-0.3, -0.25) is 0 Å². The smallest absolute Gasteiger partial charge is 0.397 e. The Kier molecular flexibility index (Phi) is 203. The van der Waals surface area contributed by atoms with Crippen LogP contribution in [0.25, 0.3) is 0 Å². The number of aliphatic hydroxyl groups excluding tert-OH is 2. The Hall–Kier alpha value is 0.634. The molecule has 0 radical (unpaired) electrons. The Morgan fingerprint density at radius 2 is 1.00 bits per heavy atom. The molecular formula is C8H22O2Ti. The van der Waals surface area contributed by atoms with Crippen LogP contribution in [0.1, 0.15) is 27.7 Å². The number of rotatable bonds is 0. The Labute approximate surface area is 86.9 Å². The Morgan fingerprint density at radius 3 is 1.00 bits per heavy atom. The van der Waals surface area contributed by atoms with E-state index in [0.29, 0.717) is 0 Å². The molecule has 0 aromatic heterocycles. The zero-order chi connectivity index (χ0) is 8.12. The molecule has 70 valence electrons. The predicted octanol–water partition coefficient (Wildman–Crippen LogP) is 1.68. The van der Waals surface area contributed by atoms with E-state index in [0.717, 1.165) is 0 Å². The van der Waals surface area contributed by atoms with Gasteiger partial charge in [-0.1, -0.05) is 0 Å². The second-order valence-corrected chi connectivity index (χ2v) is 1.21. The van der Waals surface area contributed by atoms with Gasteiger partial charge in [-0.2, -0.15) is 13.8 Å². The molecule has 11 heavy (non-hydrogen) atoms. The van der Waals surface area contributed by atoms with Crippen LogP contribution in [0, 0.1) is 13.8 Å². The molecule has 0 aliphatic heterocycles. The Bertz CT molecular complexity index is 16.8. The zero-order valence-electron chi connectivity index (χ0n) is 8.39. The molecule has 2 nitrogen and oxygen atoms in total. The first-order valence-electron chi connectivity index (χ1n) is 3.20. The van der Waals surface area contributed by atoms with E-state index in [1.165, 1.54) is 0 Å². The van der Waals surface area contributed by atoms with Crippen molar-refractivity contribution in [1.82, 2.24) is 0 Å². The van der Waals surface area contributed by atoms with Crippen LogP contribution >= 0.6 is 0 Å². The summed E-state index contributed by atoms with van der Waals surface area (Å²) in [7, 11) is 0. The van der Waals surface area contributed by atoms with Crippen LogP contribution in [0.5, 0.6) is 0 Å². The summed E-state index contributed by atoms with van der Waals surface area (Å²) in [4.78, 5) is 0. The van der Waals surface area contributed by atoms with E-state index < -0.39 is 0 Å². The predicted molar refractivity (Wildman–Crippen MR) is 47.6 cm³/mol. The maximum Gasteiger partial charge on any atom is 2.00 e. The second kappa shape index (κ2) is 74.7. The van der Waals surface area contributed by atoms with Crippen LogP contribution in [-0.2, 0) is 21.7 Å².